The van der Waals surface area contributed by atoms with Gasteiger partial charge in [-0.15, -0.1) is 0 Å². The van der Waals surface area contributed by atoms with Crippen molar-refractivity contribution in [1.29, 1.82) is 0 Å². The van der Waals surface area contributed by atoms with Crippen molar-refractivity contribution >= 4 is 39.0 Å². The Morgan fingerprint density at radius 2 is 1.74 bits per heavy atom. The molecule has 0 bridgehead atoms. The number of amides is 1. The number of nitrogens with one attached hydrogen (secondary N) is 1. The van der Waals surface area contributed by atoms with Crippen LogP contribution in [0.2, 0.25) is 5.02 Å². The minimum atomic E-state index is -4.15. The van der Waals surface area contributed by atoms with Crippen molar-refractivity contribution in [2.24, 2.45) is 0 Å². The highest BCUT2D eigenvalue weighted by Gasteiger charge is 2.26. The predicted octanol–water partition coefficient (Wildman–Crippen LogP) is 3.77. The van der Waals surface area contributed by atoms with Gasteiger partial charge in [0.25, 0.3) is 5.56 Å². The zero-order valence-electron chi connectivity index (χ0n) is 18.8. The number of aryl methyl sites for hydroxylation is 2. The highest BCUT2D eigenvalue weighted by molar-refractivity contribution is 7.91. The van der Waals surface area contributed by atoms with Crippen LogP contribution >= 0.6 is 11.6 Å². The van der Waals surface area contributed by atoms with Gasteiger partial charge in [-0.05, 0) is 74.9 Å². The van der Waals surface area contributed by atoms with E-state index in [2.05, 4.69) is 5.32 Å². The fourth-order valence-electron chi connectivity index (χ4n) is 3.45. The lowest BCUT2D eigenvalue weighted by Crippen LogP contribution is -2.33. The van der Waals surface area contributed by atoms with Gasteiger partial charge in [0.15, 0.2) is 0 Å². The lowest BCUT2D eigenvalue weighted by atomic mass is 10.2. The molecule has 2 aromatic carbocycles. The van der Waals surface area contributed by atoms with E-state index in [0.29, 0.717) is 16.4 Å². The molecule has 1 amide bonds. The maximum atomic E-state index is 13.2. The van der Waals surface area contributed by atoms with Gasteiger partial charge >= 0.3 is 5.97 Å². The van der Waals surface area contributed by atoms with Crippen molar-refractivity contribution in [1.82, 2.24) is 4.57 Å². The molecule has 3 rings (SSSR count). The van der Waals surface area contributed by atoms with Crippen LogP contribution in [0.1, 0.15) is 28.5 Å². The summed E-state index contributed by atoms with van der Waals surface area (Å²) < 4.78 is 32.4. The fraction of sp³-hybridized carbons (Fsp3) is 0.208. The predicted molar refractivity (Wildman–Crippen MR) is 128 cm³/mol. The number of pyridine rings is 1. The Bertz CT molecular complexity index is 1410. The number of rotatable bonds is 7. The molecule has 1 aromatic heterocycles. The highest BCUT2D eigenvalue weighted by Crippen LogP contribution is 2.23. The van der Waals surface area contributed by atoms with Gasteiger partial charge in [-0.1, -0.05) is 17.7 Å². The normalized spacial score (nSPS) is 11.2. The fourth-order valence-corrected chi connectivity index (χ4v) is 5.12. The Morgan fingerprint density at radius 3 is 2.38 bits per heavy atom. The number of aromatic nitrogens is 1. The Kier molecular flexibility index (Phi) is 7.58. The van der Waals surface area contributed by atoms with E-state index in [0.717, 1.165) is 4.57 Å². The summed E-state index contributed by atoms with van der Waals surface area (Å²) >= 11 is 5.85. The molecule has 0 spiro atoms. The van der Waals surface area contributed by atoms with Gasteiger partial charge in [-0.25, -0.2) is 13.2 Å². The number of anilines is 1. The summed E-state index contributed by atoms with van der Waals surface area (Å²) in [7, 11) is -4.15. The summed E-state index contributed by atoms with van der Waals surface area (Å²) in [6, 6.07) is 13.2. The Hall–Kier alpha value is -3.43. The molecule has 8 nitrogen and oxygen atoms in total. The minimum Gasteiger partial charge on any atom is -0.462 e. The van der Waals surface area contributed by atoms with Crippen molar-refractivity contribution < 1.29 is 22.7 Å². The molecule has 0 unspecified atom stereocenters. The van der Waals surface area contributed by atoms with Crippen LogP contribution in [-0.2, 0) is 25.9 Å². The zero-order valence-corrected chi connectivity index (χ0v) is 20.4. The van der Waals surface area contributed by atoms with Gasteiger partial charge < -0.3 is 14.6 Å². The average molecular weight is 503 g/mol. The summed E-state index contributed by atoms with van der Waals surface area (Å²) in [5.41, 5.74) is 0.495. The first-order valence-electron chi connectivity index (χ1n) is 10.3. The molecule has 0 aliphatic rings. The van der Waals surface area contributed by atoms with E-state index in [1.807, 2.05) is 0 Å². The van der Waals surface area contributed by atoms with Crippen molar-refractivity contribution in [3.63, 3.8) is 0 Å². The number of esters is 1. The number of benzene rings is 2. The quantitative estimate of drug-likeness (QED) is 0.492. The first kappa shape index (κ1) is 25.2. The second-order valence-electron chi connectivity index (χ2n) is 7.50. The Balaban J connectivity index is 1.92. The third kappa shape index (κ3) is 5.37. The van der Waals surface area contributed by atoms with E-state index in [1.165, 1.54) is 37.3 Å². The molecule has 0 saturated heterocycles. The summed E-state index contributed by atoms with van der Waals surface area (Å²) in [6.07, 6.45) is 0. The number of ether oxygens (including phenoxy) is 1. The lowest BCUT2D eigenvalue weighted by Gasteiger charge is -2.15. The third-order valence-corrected chi connectivity index (χ3v) is 7.18. The first-order chi connectivity index (χ1) is 16.0. The number of sulfone groups is 1. The van der Waals surface area contributed by atoms with E-state index in [9.17, 15) is 22.8 Å². The molecule has 0 aliphatic carbocycles. The number of hydrogen-bond donors (Lipinski definition) is 1. The minimum absolute atomic E-state index is 0.0762. The van der Waals surface area contributed by atoms with Crippen LogP contribution in [0.5, 0.6) is 0 Å². The van der Waals surface area contributed by atoms with Crippen LogP contribution < -0.4 is 10.9 Å². The molecule has 3 aromatic rings. The zero-order chi connectivity index (χ0) is 25.0. The van der Waals surface area contributed by atoms with E-state index < -0.39 is 38.7 Å². The van der Waals surface area contributed by atoms with E-state index in [4.69, 9.17) is 16.3 Å². The molecule has 0 radical (unpaired) electrons. The maximum Gasteiger partial charge on any atom is 0.338 e. The third-order valence-electron chi connectivity index (χ3n) is 5.00. The van der Waals surface area contributed by atoms with Gasteiger partial charge in [0.05, 0.1) is 17.1 Å². The molecule has 1 heterocycles. The molecule has 0 aliphatic heterocycles. The number of carbonyl (C=O) groups excluding carboxylic acids is 2. The molecule has 0 atom stereocenters. The summed E-state index contributed by atoms with van der Waals surface area (Å²) in [4.78, 5) is 37.3. The Morgan fingerprint density at radius 1 is 1.06 bits per heavy atom. The second kappa shape index (κ2) is 10.2. The second-order valence-corrected chi connectivity index (χ2v) is 9.82. The smallest absolute Gasteiger partial charge is 0.338 e. The van der Waals surface area contributed by atoms with Crippen molar-refractivity contribution in [2.75, 3.05) is 11.9 Å². The van der Waals surface area contributed by atoms with Gasteiger partial charge in [0, 0.05) is 16.4 Å². The standard InChI is InChI=1S/C24H23ClN2O6S/c1-4-33-24(30)17-6-5-7-19(13-17)26-21(28)14-27-16(3)12-15(2)22(23(27)29)34(31,32)20-10-8-18(25)9-11-20/h5-13H,4,14H2,1-3H3,(H,26,28). The molecule has 178 valence electrons. The van der Waals surface area contributed by atoms with Crippen LogP contribution in [0.25, 0.3) is 0 Å². The molecule has 10 heteroatoms. The highest BCUT2D eigenvalue weighted by atomic mass is 35.5. The average Bonchev–Trinajstić information content (AvgIpc) is 2.77. The van der Waals surface area contributed by atoms with Crippen LogP contribution in [0.15, 0.2) is 69.2 Å². The van der Waals surface area contributed by atoms with Crippen LogP contribution in [0.3, 0.4) is 0 Å². The molecular weight excluding hydrogens is 480 g/mol. The SMILES string of the molecule is CCOC(=O)c1cccc(NC(=O)Cn2c(C)cc(C)c(S(=O)(=O)c3ccc(Cl)cc3)c2=O)c1. The van der Waals surface area contributed by atoms with Crippen molar-refractivity contribution in [3.05, 3.63) is 86.8 Å². The van der Waals surface area contributed by atoms with Gasteiger partial charge in [0.2, 0.25) is 15.7 Å². The summed E-state index contributed by atoms with van der Waals surface area (Å²) in [6.45, 7) is 4.63. The van der Waals surface area contributed by atoms with Gasteiger partial charge in [-0.3, -0.25) is 9.59 Å². The number of carbonyl (C=O) groups is 2. The van der Waals surface area contributed by atoms with Crippen molar-refractivity contribution in [3.8, 4) is 0 Å². The monoisotopic (exact) mass is 502 g/mol. The van der Waals surface area contributed by atoms with E-state index >= 15 is 0 Å². The molecule has 0 saturated carbocycles. The van der Waals surface area contributed by atoms with Crippen LogP contribution in [0, 0.1) is 13.8 Å². The van der Waals surface area contributed by atoms with Gasteiger partial charge in [0.1, 0.15) is 11.4 Å². The van der Waals surface area contributed by atoms with Crippen LogP contribution in [-0.4, -0.2) is 31.5 Å². The lowest BCUT2D eigenvalue weighted by molar-refractivity contribution is -0.116. The maximum absolute atomic E-state index is 13.2. The molecule has 1 N–H and O–H groups in total. The van der Waals surface area contributed by atoms with Crippen molar-refractivity contribution in [2.45, 2.75) is 37.1 Å². The Labute approximate surface area is 202 Å². The van der Waals surface area contributed by atoms with Crippen LogP contribution in [0.4, 0.5) is 5.69 Å². The summed E-state index contributed by atoms with van der Waals surface area (Å²) in [5, 5.41) is 2.98. The molecular formula is C24H23ClN2O6S. The number of hydrogen-bond acceptors (Lipinski definition) is 6. The largest absolute Gasteiger partial charge is 0.462 e. The number of halogens is 1. The van der Waals surface area contributed by atoms with Gasteiger partial charge in [-0.2, -0.15) is 0 Å². The first-order valence-corrected chi connectivity index (χ1v) is 12.2. The number of nitrogens with zero attached hydrogens (tertiary/aromatic N) is 1. The topological polar surface area (TPSA) is 112 Å². The summed E-state index contributed by atoms with van der Waals surface area (Å²) in [5.74, 6) is -1.09. The molecule has 0 fully saturated rings. The van der Waals surface area contributed by atoms with E-state index in [1.54, 1.807) is 38.1 Å². The van der Waals surface area contributed by atoms with E-state index in [-0.39, 0.29) is 22.6 Å². The molecule has 34 heavy (non-hydrogen) atoms.